The van der Waals surface area contributed by atoms with Crippen LogP contribution in [-0.2, 0) is 16.7 Å². The molecule has 5 heteroatoms. The molecule has 0 saturated carbocycles. The smallest absolute Gasteiger partial charge is 0.325 e. The van der Waals surface area contributed by atoms with Crippen LogP contribution in [-0.4, -0.2) is 13.2 Å². The van der Waals surface area contributed by atoms with Gasteiger partial charge in [-0.1, -0.05) is 51.3 Å². The summed E-state index contributed by atoms with van der Waals surface area (Å²) in [5.41, 5.74) is 1.92. The van der Waals surface area contributed by atoms with Crippen LogP contribution >= 0.6 is 11.2 Å². The third-order valence-electron chi connectivity index (χ3n) is 3.02. The van der Waals surface area contributed by atoms with Gasteiger partial charge in [-0.25, -0.2) is 8.37 Å². The molecule has 0 radical (unpaired) electrons. The first-order valence-electron chi connectivity index (χ1n) is 7.13. The molecule has 116 valence electrons. The van der Waals surface area contributed by atoms with Crippen LogP contribution in [0.1, 0.15) is 26.7 Å². The Morgan fingerprint density at radius 3 is 2.67 bits per heavy atom. The molecule has 3 rings (SSSR count). The molecule has 1 fully saturated rings. The average molecular weight is 310 g/mol. The van der Waals surface area contributed by atoms with E-state index < -0.39 is 11.2 Å². The van der Waals surface area contributed by atoms with Gasteiger partial charge >= 0.3 is 11.2 Å². The van der Waals surface area contributed by atoms with Gasteiger partial charge in [0, 0.05) is 17.6 Å². The van der Waals surface area contributed by atoms with Crippen LogP contribution in [0.3, 0.4) is 0 Å². The number of allylic oxidation sites excluding steroid dienone is 4. The SMILES string of the molecule is C=C/C=C1/COS2(OCC3=C(CCC=C3)O2)OC1=C.CC. The van der Waals surface area contributed by atoms with Crippen molar-refractivity contribution in [1.82, 2.24) is 0 Å². The van der Waals surface area contributed by atoms with Gasteiger partial charge in [-0.2, -0.15) is 0 Å². The standard InChI is InChI=1S/C14H16O4S.C2H6/c1-3-6-12-9-15-19(17-11(12)2)16-10-13-7-4-5-8-14(13)18-19;1-2/h3-4,6-7H,1-2,5,8-10H2;1-2H3/b12-6-;. The van der Waals surface area contributed by atoms with Crippen molar-refractivity contribution in [3.05, 3.63) is 60.1 Å². The van der Waals surface area contributed by atoms with Gasteiger partial charge in [0.1, 0.15) is 11.5 Å². The maximum atomic E-state index is 5.85. The zero-order valence-electron chi connectivity index (χ0n) is 12.6. The summed E-state index contributed by atoms with van der Waals surface area (Å²) in [7, 11) is 0. The van der Waals surface area contributed by atoms with Crippen LogP contribution in [0, 0.1) is 0 Å². The second-order valence-electron chi connectivity index (χ2n) is 4.34. The van der Waals surface area contributed by atoms with Crippen molar-refractivity contribution in [2.24, 2.45) is 0 Å². The second kappa shape index (κ2) is 7.02. The van der Waals surface area contributed by atoms with Gasteiger partial charge in [0.25, 0.3) is 0 Å². The van der Waals surface area contributed by atoms with Gasteiger partial charge in [-0.15, -0.1) is 0 Å². The lowest BCUT2D eigenvalue weighted by Gasteiger charge is -2.43. The van der Waals surface area contributed by atoms with Crippen LogP contribution in [0.2, 0.25) is 0 Å². The lowest BCUT2D eigenvalue weighted by Crippen LogP contribution is -2.27. The molecule has 0 amide bonds. The Kier molecular flexibility index (Phi) is 5.33. The highest BCUT2D eigenvalue weighted by Gasteiger charge is 2.42. The summed E-state index contributed by atoms with van der Waals surface area (Å²) in [4.78, 5) is 0. The van der Waals surface area contributed by atoms with E-state index in [0.717, 1.165) is 29.7 Å². The van der Waals surface area contributed by atoms with Crippen molar-refractivity contribution < 1.29 is 16.7 Å². The molecule has 1 aliphatic carbocycles. The van der Waals surface area contributed by atoms with E-state index in [0.29, 0.717) is 19.0 Å². The molecule has 0 aromatic heterocycles. The van der Waals surface area contributed by atoms with Crippen molar-refractivity contribution in [3.8, 4) is 0 Å². The van der Waals surface area contributed by atoms with Gasteiger partial charge < -0.3 is 8.37 Å². The zero-order chi connectivity index (χ0) is 15.3. The summed E-state index contributed by atoms with van der Waals surface area (Å²) in [5, 5.41) is 0. The van der Waals surface area contributed by atoms with Gasteiger partial charge in [0.15, 0.2) is 0 Å². The highest BCUT2D eigenvalue weighted by molar-refractivity contribution is 8.17. The minimum atomic E-state index is -2.44. The van der Waals surface area contributed by atoms with Crippen LogP contribution in [0.5, 0.6) is 0 Å². The second-order valence-corrected chi connectivity index (χ2v) is 5.96. The summed E-state index contributed by atoms with van der Waals surface area (Å²) < 4.78 is 22.9. The molecule has 0 aromatic rings. The summed E-state index contributed by atoms with van der Waals surface area (Å²) >= 11 is -2.44. The fraction of sp³-hybridized carbons (Fsp3) is 0.375. The van der Waals surface area contributed by atoms with Crippen molar-refractivity contribution >= 4 is 11.2 Å². The maximum Gasteiger partial charge on any atom is 0.325 e. The highest BCUT2D eigenvalue weighted by atomic mass is 32.3. The maximum absolute atomic E-state index is 5.85. The quantitative estimate of drug-likeness (QED) is 0.697. The van der Waals surface area contributed by atoms with Crippen molar-refractivity contribution in [2.75, 3.05) is 13.2 Å². The monoisotopic (exact) mass is 310 g/mol. The average Bonchev–Trinajstić information content (AvgIpc) is 2.52. The minimum absolute atomic E-state index is 0.360. The van der Waals surface area contributed by atoms with E-state index >= 15 is 0 Å². The molecular weight excluding hydrogens is 288 g/mol. The van der Waals surface area contributed by atoms with Crippen LogP contribution in [0.25, 0.3) is 0 Å². The third-order valence-corrected chi connectivity index (χ3v) is 4.64. The molecule has 0 N–H and O–H groups in total. The molecular formula is C16H22O4S. The Morgan fingerprint density at radius 1 is 1.19 bits per heavy atom. The van der Waals surface area contributed by atoms with E-state index in [2.05, 4.69) is 19.2 Å². The fourth-order valence-corrected chi connectivity index (χ4v) is 3.63. The molecule has 3 aliphatic rings. The Labute approximate surface area is 128 Å². The van der Waals surface area contributed by atoms with E-state index in [1.807, 2.05) is 26.0 Å². The van der Waals surface area contributed by atoms with Crippen molar-refractivity contribution in [3.63, 3.8) is 0 Å². The van der Waals surface area contributed by atoms with E-state index in [1.165, 1.54) is 0 Å². The van der Waals surface area contributed by atoms with Gasteiger partial charge in [-0.05, 0) is 6.42 Å². The fourth-order valence-electron chi connectivity index (χ4n) is 2.00. The topological polar surface area (TPSA) is 36.9 Å². The number of hydrogen-bond acceptors (Lipinski definition) is 4. The molecule has 1 atom stereocenters. The normalized spacial score (nSPS) is 32.3. The molecule has 0 bridgehead atoms. The van der Waals surface area contributed by atoms with Gasteiger partial charge in [0.05, 0.1) is 13.2 Å². The number of rotatable bonds is 1. The van der Waals surface area contributed by atoms with E-state index in [1.54, 1.807) is 6.08 Å². The number of hydrogen-bond donors (Lipinski definition) is 0. The van der Waals surface area contributed by atoms with Gasteiger partial charge in [0.2, 0.25) is 0 Å². The van der Waals surface area contributed by atoms with Crippen LogP contribution in [0.15, 0.2) is 60.1 Å². The summed E-state index contributed by atoms with van der Waals surface area (Å²) in [6, 6.07) is 0. The first-order valence-corrected chi connectivity index (χ1v) is 8.46. The summed E-state index contributed by atoms with van der Waals surface area (Å²) in [6.45, 7) is 12.3. The van der Waals surface area contributed by atoms with E-state index in [9.17, 15) is 0 Å². The Balaban J connectivity index is 0.000000774. The molecule has 4 nitrogen and oxygen atoms in total. The van der Waals surface area contributed by atoms with Crippen LogP contribution < -0.4 is 0 Å². The largest absolute Gasteiger partial charge is 0.379 e. The molecule has 2 aliphatic heterocycles. The lowest BCUT2D eigenvalue weighted by atomic mass is 10.1. The highest BCUT2D eigenvalue weighted by Crippen LogP contribution is 2.62. The molecule has 1 unspecified atom stereocenters. The zero-order valence-corrected chi connectivity index (χ0v) is 13.4. The first-order chi connectivity index (χ1) is 10.2. The Bertz CT molecular complexity index is 518. The molecule has 2 heterocycles. The van der Waals surface area contributed by atoms with Crippen molar-refractivity contribution in [1.29, 1.82) is 0 Å². The van der Waals surface area contributed by atoms with Gasteiger partial charge in [-0.3, -0.25) is 0 Å². The van der Waals surface area contributed by atoms with E-state index in [4.69, 9.17) is 16.7 Å². The van der Waals surface area contributed by atoms with Crippen molar-refractivity contribution in [2.45, 2.75) is 26.7 Å². The predicted molar refractivity (Wildman–Crippen MR) is 85.8 cm³/mol. The molecule has 21 heavy (non-hydrogen) atoms. The van der Waals surface area contributed by atoms with E-state index in [-0.39, 0.29) is 0 Å². The minimum Gasteiger partial charge on any atom is -0.379 e. The lowest BCUT2D eigenvalue weighted by molar-refractivity contribution is 0.112. The molecule has 0 aromatic carbocycles. The summed E-state index contributed by atoms with van der Waals surface area (Å²) in [5.74, 6) is 1.43. The Morgan fingerprint density at radius 2 is 1.95 bits per heavy atom. The molecule has 1 saturated heterocycles. The summed E-state index contributed by atoms with van der Waals surface area (Å²) in [6.07, 6.45) is 9.47. The van der Waals surface area contributed by atoms with Crippen LogP contribution in [0.4, 0.5) is 0 Å². The predicted octanol–water partition coefficient (Wildman–Crippen LogP) is 4.80. The third kappa shape index (κ3) is 3.43. The molecule has 1 spiro atoms. The Hall–Kier alpha value is -1.43. The first kappa shape index (κ1) is 15.9.